The van der Waals surface area contributed by atoms with Crippen LogP contribution in [0.2, 0.25) is 0 Å². The van der Waals surface area contributed by atoms with Gasteiger partial charge >= 0.3 is 0 Å². The summed E-state index contributed by atoms with van der Waals surface area (Å²) in [4.78, 5) is 0. The largest absolute Gasteiger partial charge is 0.317 e. The Kier molecular flexibility index (Phi) is 13.6. The summed E-state index contributed by atoms with van der Waals surface area (Å²) in [5, 5.41) is 3.22. The van der Waals surface area contributed by atoms with Crippen LogP contribution in [0.25, 0.3) is 0 Å². The molecule has 0 radical (unpaired) electrons. The average Bonchev–Trinajstić information content (AvgIpc) is 2.76. The Hall–Kier alpha value is 0.310. The summed E-state index contributed by atoms with van der Waals surface area (Å²) < 4.78 is 0. The minimum Gasteiger partial charge on any atom is -0.317 e. The molecule has 2 heteroatoms. The Bertz CT molecular complexity index is 78.7. The van der Waals surface area contributed by atoms with Gasteiger partial charge in [-0.25, -0.2) is 0 Å². The smallest absolute Gasteiger partial charge is 0.00484 e. The fraction of sp³-hybridized carbons (Fsp3) is 1.00. The first-order valence-corrected chi connectivity index (χ1v) is 7.35. The lowest BCUT2D eigenvalue weighted by atomic mass is 10.3. The van der Waals surface area contributed by atoms with Crippen LogP contribution in [0.4, 0.5) is 0 Å². The topological polar surface area (TPSA) is 12.0 Å². The molecule has 86 valence electrons. The highest BCUT2D eigenvalue weighted by Gasteiger charge is 1.93. The van der Waals surface area contributed by atoms with Gasteiger partial charge in [-0.15, -0.1) is 0 Å². The third-order valence-corrected chi connectivity index (χ3v) is 3.47. The first-order chi connectivity index (χ1) is 6.91. The molecule has 0 aliphatic carbocycles. The SMILES string of the molecule is C1CCNC1.CCCCCSCCC. The molecule has 1 aliphatic heterocycles. The number of hydrogen-bond donors (Lipinski definition) is 1. The molecule has 1 saturated heterocycles. The minimum absolute atomic E-state index is 1.25. The Morgan fingerprint density at radius 1 is 0.929 bits per heavy atom. The summed E-state index contributed by atoms with van der Waals surface area (Å²) in [5.41, 5.74) is 0. The molecule has 1 N–H and O–H groups in total. The van der Waals surface area contributed by atoms with E-state index >= 15 is 0 Å². The van der Waals surface area contributed by atoms with Crippen LogP contribution in [-0.2, 0) is 0 Å². The molecule has 0 aromatic rings. The van der Waals surface area contributed by atoms with Gasteiger partial charge in [-0.1, -0.05) is 26.7 Å². The van der Waals surface area contributed by atoms with Crippen molar-refractivity contribution < 1.29 is 0 Å². The van der Waals surface area contributed by atoms with Gasteiger partial charge in [0, 0.05) is 0 Å². The van der Waals surface area contributed by atoms with Crippen molar-refractivity contribution in [1.29, 1.82) is 0 Å². The zero-order chi connectivity index (χ0) is 10.5. The van der Waals surface area contributed by atoms with Gasteiger partial charge < -0.3 is 5.32 Å². The second-order valence-electron chi connectivity index (χ2n) is 3.78. The van der Waals surface area contributed by atoms with Crippen LogP contribution >= 0.6 is 11.8 Å². The Balaban J connectivity index is 0.000000280. The van der Waals surface area contributed by atoms with Crippen LogP contribution in [0, 0.1) is 0 Å². The maximum Gasteiger partial charge on any atom is -0.00484 e. The maximum atomic E-state index is 3.22. The van der Waals surface area contributed by atoms with Gasteiger partial charge in [0.2, 0.25) is 0 Å². The van der Waals surface area contributed by atoms with E-state index in [1.165, 1.54) is 63.1 Å². The van der Waals surface area contributed by atoms with Gasteiger partial charge in [0.1, 0.15) is 0 Å². The molecule has 0 saturated carbocycles. The molecule has 0 bridgehead atoms. The van der Waals surface area contributed by atoms with Crippen molar-refractivity contribution in [1.82, 2.24) is 5.32 Å². The Labute approximate surface area is 94.4 Å². The average molecular weight is 217 g/mol. The molecule has 14 heavy (non-hydrogen) atoms. The van der Waals surface area contributed by atoms with Gasteiger partial charge in [0.15, 0.2) is 0 Å². The summed E-state index contributed by atoms with van der Waals surface area (Å²) in [6.45, 7) is 7.00. The van der Waals surface area contributed by atoms with Gasteiger partial charge in [-0.3, -0.25) is 0 Å². The molecule has 0 unspecified atom stereocenters. The standard InChI is InChI=1S/C8H18S.C4H9N/c1-3-5-6-8-9-7-4-2;1-2-4-5-3-1/h3-8H2,1-2H3;5H,1-4H2. The van der Waals surface area contributed by atoms with E-state index in [1.54, 1.807) is 0 Å². The molecule has 1 fully saturated rings. The highest BCUT2D eigenvalue weighted by molar-refractivity contribution is 7.99. The van der Waals surface area contributed by atoms with Crippen molar-refractivity contribution in [3.63, 3.8) is 0 Å². The van der Waals surface area contributed by atoms with Gasteiger partial charge in [-0.2, -0.15) is 11.8 Å². The van der Waals surface area contributed by atoms with E-state index in [0.717, 1.165) is 0 Å². The number of nitrogens with one attached hydrogen (secondary N) is 1. The monoisotopic (exact) mass is 217 g/mol. The van der Waals surface area contributed by atoms with Crippen molar-refractivity contribution >= 4 is 11.8 Å². The van der Waals surface area contributed by atoms with Crippen molar-refractivity contribution in [2.24, 2.45) is 0 Å². The summed E-state index contributed by atoms with van der Waals surface area (Å²) >= 11 is 2.09. The van der Waals surface area contributed by atoms with E-state index in [-0.39, 0.29) is 0 Å². The quantitative estimate of drug-likeness (QED) is 0.681. The zero-order valence-corrected chi connectivity index (χ0v) is 10.8. The zero-order valence-electron chi connectivity index (χ0n) is 9.98. The van der Waals surface area contributed by atoms with Crippen LogP contribution in [0.5, 0.6) is 0 Å². The second-order valence-corrected chi connectivity index (χ2v) is 5.00. The molecule has 0 aromatic carbocycles. The van der Waals surface area contributed by atoms with Gasteiger partial charge in [0.25, 0.3) is 0 Å². The third-order valence-electron chi connectivity index (χ3n) is 2.20. The molecular weight excluding hydrogens is 190 g/mol. The van der Waals surface area contributed by atoms with E-state index < -0.39 is 0 Å². The summed E-state index contributed by atoms with van der Waals surface area (Å²) in [6, 6.07) is 0. The van der Waals surface area contributed by atoms with Gasteiger partial charge in [-0.05, 0) is 50.3 Å². The summed E-state index contributed by atoms with van der Waals surface area (Å²) in [7, 11) is 0. The van der Waals surface area contributed by atoms with E-state index in [1.807, 2.05) is 0 Å². The molecule has 1 rings (SSSR count). The van der Waals surface area contributed by atoms with Gasteiger partial charge in [0.05, 0.1) is 0 Å². The number of thioether (sulfide) groups is 1. The minimum atomic E-state index is 1.25. The molecule has 1 nitrogen and oxygen atoms in total. The van der Waals surface area contributed by atoms with E-state index in [0.29, 0.717) is 0 Å². The lowest BCUT2D eigenvalue weighted by molar-refractivity contribution is 0.778. The molecule has 0 aromatic heterocycles. The lowest BCUT2D eigenvalue weighted by Gasteiger charge is -1.96. The first kappa shape index (κ1) is 14.3. The number of rotatable bonds is 6. The fourth-order valence-corrected chi connectivity index (χ4v) is 2.23. The summed E-state index contributed by atoms with van der Waals surface area (Å²) in [5.74, 6) is 2.73. The highest BCUT2D eigenvalue weighted by atomic mass is 32.2. The van der Waals surface area contributed by atoms with Crippen LogP contribution in [-0.4, -0.2) is 24.6 Å². The fourth-order valence-electron chi connectivity index (χ4n) is 1.33. The van der Waals surface area contributed by atoms with Crippen molar-refractivity contribution in [2.75, 3.05) is 24.6 Å². The van der Waals surface area contributed by atoms with E-state index in [4.69, 9.17) is 0 Å². The first-order valence-electron chi connectivity index (χ1n) is 6.20. The predicted octanol–water partition coefficient (Wildman–Crippen LogP) is 3.69. The lowest BCUT2D eigenvalue weighted by Crippen LogP contribution is -2.03. The Morgan fingerprint density at radius 2 is 1.64 bits per heavy atom. The van der Waals surface area contributed by atoms with Crippen LogP contribution < -0.4 is 5.32 Å². The maximum absolute atomic E-state index is 3.22. The van der Waals surface area contributed by atoms with Crippen molar-refractivity contribution in [2.45, 2.75) is 52.4 Å². The Morgan fingerprint density at radius 3 is 2.07 bits per heavy atom. The second kappa shape index (κ2) is 13.3. The highest BCUT2D eigenvalue weighted by Crippen LogP contribution is 2.06. The van der Waals surface area contributed by atoms with E-state index in [9.17, 15) is 0 Å². The molecule has 0 amide bonds. The molecule has 0 spiro atoms. The van der Waals surface area contributed by atoms with Crippen LogP contribution in [0.15, 0.2) is 0 Å². The van der Waals surface area contributed by atoms with Crippen molar-refractivity contribution in [3.8, 4) is 0 Å². The molecule has 1 aliphatic rings. The van der Waals surface area contributed by atoms with Crippen LogP contribution in [0.1, 0.15) is 52.4 Å². The number of unbranched alkanes of at least 4 members (excludes halogenated alkanes) is 2. The van der Waals surface area contributed by atoms with Crippen LogP contribution in [0.3, 0.4) is 0 Å². The van der Waals surface area contributed by atoms with Crippen molar-refractivity contribution in [3.05, 3.63) is 0 Å². The molecular formula is C12H27NS. The number of hydrogen-bond acceptors (Lipinski definition) is 2. The molecule has 1 heterocycles. The predicted molar refractivity (Wildman–Crippen MR) is 69.2 cm³/mol. The normalized spacial score (nSPS) is 15.0. The summed E-state index contributed by atoms with van der Waals surface area (Å²) in [6.07, 6.45) is 8.29. The third kappa shape index (κ3) is 12.3. The molecule has 0 atom stereocenters. The van der Waals surface area contributed by atoms with E-state index in [2.05, 4.69) is 30.9 Å².